The Morgan fingerprint density at radius 3 is 2.43 bits per heavy atom. The number of aromatic amines is 1. The van der Waals surface area contributed by atoms with E-state index in [0.29, 0.717) is 12.0 Å². The maximum absolute atomic E-state index is 4.69. The molecule has 122 valence electrons. The third kappa shape index (κ3) is 3.05. The van der Waals surface area contributed by atoms with Crippen molar-refractivity contribution in [2.45, 2.75) is 57.4 Å². The maximum atomic E-state index is 4.69. The highest BCUT2D eigenvalue weighted by atomic mass is 15.2. The summed E-state index contributed by atoms with van der Waals surface area (Å²) in [4.78, 5) is 7.29. The predicted molar refractivity (Wildman–Crippen MR) is 92.2 cm³/mol. The standard InChI is InChI=1S/C19H26N4/c1-14(23-12-3-2-4-13-23)15-8-10-17(11-9-15)19-20-18(21-22-19)16-6-5-7-16/h8-11,14,16H,2-7,12-13H2,1H3,(H,20,21,22)/t14-/m1/s1. The van der Waals surface area contributed by atoms with Gasteiger partial charge in [-0.3, -0.25) is 10.00 Å². The van der Waals surface area contributed by atoms with Gasteiger partial charge in [0.15, 0.2) is 5.82 Å². The highest BCUT2D eigenvalue weighted by molar-refractivity contribution is 5.55. The summed E-state index contributed by atoms with van der Waals surface area (Å²) in [5.41, 5.74) is 2.51. The number of aromatic nitrogens is 3. The van der Waals surface area contributed by atoms with Crippen LogP contribution in [0, 0.1) is 0 Å². The van der Waals surface area contributed by atoms with Crippen LogP contribution in [0.1, 0.15) is 68.8 Å². The predicted octanol–water partition coefficient (Wildman–Crippen LogP) is 4.29. The van der Waals surface area contributed by atoms with Gasteiger partial charge >= 0.3 is 0 Å². The molecule has 1 aromatic carbocycles. The second kappa shape index (κ2) is 6.44. The summed E-state index contributed by atoms with van der Waals surface area (Å²) in [6.45, 7) is 4.78. The summed E-state index contributed by atoms with van der Waals surface area (Å²) in [6, 6.07) is 9.33. The molecule has 0 spiro atoms. The Labute approximate surface area is 138 Å². The average Bonchev–Trinajstić information content (AvgIpc) is 3.03. The first-order valence-corrected chi connectivity index (χ1v) is 9.08. The zero-order valence-corrected chi connectivity index (χ0v) is 14.0. The summed E-state index contributed by atoms with van der Waals surface area (Å²) in [5, 5.41) is 7.53. The minimum atomic E-state index is 0.502. The van der Waals surface area contributed by atoms with Crippen molar-refractivity contribution in [1.82, 2.24) is 20.1 Å². The van der Waals surface area contributed by atoms with E-state index < -0.39 is 0 Å². The summed E-state index contributed by atoms with van der Waals surface area (Å²) < 4.78 is 0. The molecule has 2 heterocycles. The van der Waals surface area contributed by atoms with Crippen molar-refractivity contribution in [3.63, 3.8) is 0 Å². The lowest BCUT2D eigenvalue weighted by molar-refractivity contribution is 0.175. The molecule has 2 aliphatic rings. The fourth-order valence-corrected chi connectivity index (χ4v) is 3.69. The van der Waals surface area contributed by atoms with Crippen LogP contribution in [0.15, 0.2) is 24.3 Å². The van der Waals surface area contributed by atoms with Crippen LogP contribution < -0.4 is 0 Å². The molecule has 1 atom stereocenters. The van der Waals surface area contributed by atoms with E-state index in [9.17, 15) is 0 Å². The molecule has 0 bridgehead atoms. The molecule has 0 radical (unpaired) electrons. The first kappa shape index (κ1) is 14.9. The lowest BCUT2D eigenvalue weighted by atomic mass is 9.85. The summed E-state index contributed by atoms with van der Waals surface area (Å²) >= 11 is 0. The minimum Gasteiger partial charge on any atom is -0.297 e. The van der Waals surface area contributed by atoms with Gasteiger partial charge in [0, 0.05) is 17.5 Å². The van der Waals surface area contributed by atoms with E-state index >= 15 is 0 Å². The Balaban J connectivity index is 1.47. The molecule has 1 aromatic heterocycles. The number of nitrogens with one attached hydrogen (secondary N) is 1. The zero-order valence-electron chi connectivity index (χ0n) is 14.0. The molecule has 4 nitrogen and oxygen atoms in total. The number of rotatable bonds is 4. The second-order valence-electron chi connectivity index (χ2n) is 7.07. The van der Waals surface area contributed by atoms with Gasteiger partial charge in [-0.2, -0.15) is 5.10 Å². The van der Waals surface area contributed by atoms with E-state index in [0.717, 1.165) is 17.2 Å². The van der Waals surface area contributed by atoms with Gasteiger partial charge in [0.25, 0.3) is 0 Å². The van der Waals surface area contributed by atoms with Crippen molar-refractivity contribution in [3.8, 4) is 11.4 Å². The Bertz CT molecular complexity index is 636. The highest BCUT2D eigenvalue weighted by Crippen LogP contribution is 2.35. The molecule has 1 N–H and O–H groups in total. The zero-order chi connectivity index (χ0) is 15.6. The van der Waals surface area contributed by atoms with Gasteiger partial charge in [0.1, 0.15) is 5.82 Å². The molecular formula is C19H26N4. The van der Waals surface area contributed by atoms with E-state index in [1.54, 1.807) is 0 Å². The number of piperidine rings is 1. The number of likely N-dealkylation sites (tertiary alicyclic amines) is 1. The molecular weight excluding hydrogens is 284 g/mol. The molecule has 1 aliphatic heterocycles. The van der Waals surface area contributed by atoms with E-state index in [4.69, 9.17) is 0 Å². The fourth-order valence-electron chi connectivity index (χ4n) is 3.69. The first-order chi connectivity index (χ1) is 11.3. The molecule has 1 saturated carbocycles. The summed E-state index contributed by atoms with van der Waals surface area (Å²) in [6.07, 6.45) is 7.88. The van der Waals surface area contributed by atoms with Gasteiger partial charge in [0.05, 0.1) is 0 Å². The summed E-state index contributed by atoms with van der Waals surface area (Å²) in [5.74, 6) is 2.51. The number of benzene rings is 1. The Morgan fingerprint density at radius 2 is 1.78 bits per heavy atom. The van der Waals surface area contributed by atoms with Crippen molar-refractivity contribution < 1.29 is 0 Å². The van der Waals surface area contributed by atoms with Crippen LogP contribution in [0.3, 0.4) is 0 Å². The van der Waals surface area contributed by atoms with Crippen molar-refractivity contribution in [1.29, 1.82) is 0 Å². The second-order valence-corrected chi connectivity index (χ2v) is 7.07. The minimum absolute atomic E-state index is 0.502. The van der Waals surface area contributed by atoms with Crippen LogP contribution in [-0.2, 0) is 0 Å². The van der Waals surface area contributed by atoms with Gasteiger partial charge in [-0.15, -0.1) is 0 Å². The average molecular weight is 310 g/mol. The van der Waals surface area contributed by atoms with E-state index in [1.165, 1.54) is 57.2 Å². The van der Waals surface area contributed by atoms with Crippen LogP contribution in [0.25, 0.3) is 11.4 Å². The van der Waals surface area contributed by atoms with Crippen LogP contribution in [0.5, 0.6) is 0 Å². The van der Waals surface area contributed by atoms with Crippen molar-refractivity contribution in [3.05, 3.63) is 35.7 Å². The first-order valence-electron chi connectivity index (χ1n) is 9.08. The van der Waals surface area contributed by atoms with Crippen LogP contribution >= 0.6 is 0 Å². The normalized spacial score (nSPS) is 21.1. The highest BCUT2D eigenvalue weighted by Gasteiger charge is 2.23. The lowest BCUT2D eigenvalue weighted by Crippen LogP contribution is -2.32. The number of nitrogens with zero attached hydrogens (tertiary/aromatic N) is 3. The number of hydrogen-bond acceptors (Lipinski definition) is 3. The van der Waals surface area contributed by atoms with Gasteiger partial charge in [0.2, 0.25) is 0 Å². The van der Waals surface area contributed by atoms with E-state index in [1.807, 2.05) is 0 Å². The summed E-state index contributed by atoms with van der Waals surface area (Å²) in [7, 11) is 0. The topological polar surface area (TPSA) is 44.8 Å². The molecule has 2 aromatic rings. The lowest BCUT2D eigenvalue weighted by Gasteiger charge is -2.32. The molecule has 1 saturated heterocycles. The Kier molecular flexibility index (Phi) is 4.17. The smallest absolute Gasteiger partial charge is 0.181 e. The van der Waals surface area contributed by atoms with E-state index in [-0.39, 0.29) is 0 Å². The van der Waals surface area contributed by atoms with Gasteiger partial charge in [-0.25, -0.2) is 4.98 Å². The third-order valence-corrected chi connectivity index (χ3v) is 5.58. The van der Waals surface area contributed by atoms with Crippen molar-refractivity contribution >= 4 is 0 Å². The quantitative estimate of drug-likeness (QED) is 0.916. The Hall–Kier alpha value is -1.68. The fraction of sp³-hybridized carbons (Fsp3) is 0.579. The van der Waals surface area contributed by atoms with Crippen molar-refractivity contribution in [2.75, 3.05) is 13.1 Å². The molecule has 2 fully saturated rings. The number of hydrogen-bond donors (Lipinski definition) is 1. The van der Waals surface area contributed by atoms with Crippen LogP contribution in [0.2, 0.25) is 0 Å². The van der Waals surface area contributed by atoms with Crippen molar-refractivity contribution in [2.24, 2.45) is 0 Å². The van der Waals surface area contributed by atoms with Gasteiger partial charge < -0.3 is 0 Å². The molecule has 4 heteroatoms. The molecule has 0 unspecified atom stereocenters. The van der Waals surface area contributed by atoms with Gasteiger partial charge in [-0.1, -0.05) is 37.1 Å². The molecule has 0 amide bonds. The number of H-pyrrole nitrogens is 1. The SMILES string of the molecule is C[C@H](c1ccc(-c2n[nH]c(C3CCC3)n2)cc1)N1CCCCC1. The van der Waals surface area contributed by atoms with Crippen LogP contribution in [0.4, 0.5) is 0 Å². The maximum Gasteiger partial charge on any atom is 0.181 e. The van der Waals surface area contributed by atoms with E-state index in [2.05, 4.69) is 51.3 Å². The monoisotopic (exact) mass is 310 g/mol. The molecule has 23 heavy (non-hydrogen) atoms. The largest absolute Gasteiger partial charge is 0.297 e. The molecule has 1 aliphatic carbocycles. The van der Waals surface area contributed by atoms with Gasteiger partial charge in [-0.05, 0) is 51.3 Å². The van der Waals surface area contributed by atoms with Crippen LogP contribution in [-0.4, -0.2) is 33.2 Å². The Morgan fingerprint density at radius 1 is 1.04 bits per heavy atom. The molecule has 4 rings (SSSR count). The third-order valence-electron chi connectivity index (χ3n) is 5.58.